The van der Waals surface area contributed by atoms with Crippen molar-refractivity contribution in [2.24, 2.45) is 0 Å². The summed E-state index contributed by atoms with van der Waals surface area (Å²) >= 11 is 0. The van der Waals surface area contributed by atoms with E-state index in [0.29, 0.717) is 12.4 Å². The van der Waals surface area contributed by atoms with Crippen molar-refractivity contribution in [3.05, 3.63) is 82.2 Å². The van der Waals surface area contributed by atoms with Crippen molar-refractivity contribution >= 4 is 11.9 Å². The largest absolute Gasteiger partial charge is 0.489 e. The monoisotopic (exact) mass is 436 g/mol. The smallest absolute Gasteiger partial charge is 0.307 e. The molecule has 1 N–H and O–H groups in total. The zero-order valence-electron chi connectivity index (χ0n) is 18.8. The average molecular weight is 437 g/mol. The number of carbonyl (C=O) groups excluding carboxylic acids is 2. The van der Waals surface area contributed by atoms with E-state index in [1.54, 1.807) is 0 Å². The van der Waals surface area contributed by atoms with E-state index in [4.69, 9.17) is 14.0 Å². The number of amides is 1. The van der Waals surface area contributed by atoms with Gasteiger partial charge in [-0.05, 0) is 44.0 Å². The molecule has 168 valence electrons. The van der Waals surface area contributed by atoms with Gasteiger partial charge in [-0.2, -0.15) is 0 Å². The third-order valence-electron chi connectivity index (χ3n) is 5.27. The summed E-state index contributed by atoms with van der Waals surface area (Å²) in [5, 5.41) is 6.87. The molecule has 3 rings (SSSR count). The fourth-order valence-electron chi connectivity index (χ4n) is 3.30. The first kappa shape index (κ1) is 23.1. The summed E-state index contributed by atoms with van der Waals surface area (Å²) in [5.41, 5.74) is 4.55. The maximum atomic E-state index is 12.7. The van der Waals surface area contributed by atoms with Gasteiger partial charge < -0.3 is 19.3 Å². The van der Waals surface area contributed by atoms with Gasteiger partial charge in [-0.3, -0.25) is 9.59 Å². The van der Waals surface area contributed by atoms with Crippen LogP contribution in [0.5, 0.6) is 5.75 Å². The van der Waals surface area contributed by atoms with E-state index in [1.807, 2.05) is 69.3 Å². The molecule has 0 aliphatic rings. The predicted octanol–water partition coefficient (Wildman–Crippen LogP) is 4.14. The number of rotatable bonds is 9. The highest BCUT2D eigenvalue weighted by molar-refractivity contribution is 5.80. The number of benzene rings is 2. The summed E-state index contributed by atoms with van der Waals surface area (Å²) in [5.74, 6) is 0.878. The topological polar surface area (TPSA) is 90.7 Å². The van der Waals surface area contributed by atoms with Crippen LogP contribution in [0.25, 0.3) is 0 Å². The van der Waals surface area contributed by atoms with Crippen molar-refractivity contribution in [3.8, 4) is 5.75 Å². The fourth-order valence-corrected chi connectivity index (χ4v) is 3.30. The molecular formula is C25H28N2O5. The van der Waals surface area contributed by atoms with Crippen LogP contribution in [0.1, 0.15) is 46.2 Å². The van der Waals surface area contributed by atoms with Crippen molar-refractivity contribution in [2.75, 3.05) is 7.11 Å². The van der Waals surface area contributed by atoms with Crippen LogP contribution in [0.2, 0.25) is 0 Å². The molecule has 32 heavy (non-hydrogen) atoms. The highest BCUT2D eigenvalue weighted by Crippen LogP contribution is 2.20. The summed E-state index contributed by atoms with van der Waals surface area (Å²) in [7, 11) is 1.34. The molecule has 0 fully saturated rings. The first-order chi connectivity index (χ1) is 15.4. The second-order valence-corrected chi connectivity index (χ2v) is 7.72. The highest BCUT2D eigenvalue weighted by Gasteiger charge is 2.19. The average Bonchev–Trinajstić information content (AvgIpc) is 3.10. The summed E-state index contributed by atoms with van der Waals surface area (Å²) in [6.07, 6.45) is 0.257. The Hall–Kier alpha value is -3.61. The molecule has 0 aliphatic carbocycles. The van der Waals surface area contributed by atoms with Gasteiger partial charge in [-0.15, -0.1) is 0 Å². The third kappa shape index (κ3) is 6.20. The number of ether oxygens (including phenoxy) is 2. The van der Waals surface area contributed by atoms with Crippen molar-refractivity contribution in [3.63, 3.8) is 0 Å². The first-order valence-electron chi connectivity index (χ1n) is 10.4. The molecule has 0 aliphatic heterocycles. The van der Waals surface area contributed by atoms with Gasteiger partial charge in [0.1, 0.15) is 18.1 Å². The number of hydrogen-bond acceptors (Lipinski definition) is 6. The normalized spacial score (nSPS) is 11.6. The molecule has 1 heterocycles. The molecule has 0 saturated heterocycles. The summed E-state index contributed by atoms with van der Waals surface area (Å²) in [6.45, 7) is 6.08. The Kier molecular flexibility index (Phi) is 7.65. The van der Waals surface area contributed by atoms with Crippen LogP contribution in [0, 0.1) is 20.8 Å². The molecule has 1 amide bonds. The van der Waals surface area contributed by atoms with Crippen LogP contribution in [0.3, 0.4) is 0 Å². The SMILES string of the molecule is COC(=O)C[C@@H](NC(=O)Cc1ccc(OCc2c(C)noc2C)cc1)c1ccc(C)cc1. The molecule has 0 bridgehead atoms. The lowest BCUT2D eigenvalue weighted by Crippen LogP contribution is -2.31. The van der Waals surface area contributed by atoms with E-state index in [2.05, 4.69) is 10.5 Å². The number of nitrogens with one attached hydrogen (secondary N) is 1. The summed E-state index contributed by atoms with van der Waals surface area (Å²) in [6, 6.07) is 14.6. The van der Waals surface area contributed by atoms with Crippen LogP contribution >= 0.6 is 0 Å². The molecule has 0 radical (unpaired) electrons. The molecule has 0 spiro atoms. The van der Waals surface area contributed by atoms with Crippen LogP contribution in [0.4, 0.5) is 0 Å². The highest BCUT2D eigenvalue weighted by atomic mass is 16.5. The van der Waals surface area contributed by atoms with Gasteiger partial charge in [0.15, 0.2) is 0 Å². The predicted molar refractivity (Wildman–Crippen MR) is 119 cm³/mol. The van der Waals surface area contributed by atoms with Crippen LogP contribution < -0.4 is 10.1 Å². The van der Waals surface area contributed by atoms with Gasteiger partial charge in [-0.25, -0.2) is 0 Å². The third-order valence-corrected chi connectivity index (χ3v) is 5.27. The van der Waals surface area contributed by atoms with Crippen LogP contribution in [0.15, 0.2) is 53.1 Å². The van der Waals surface area contributed by atoms with Gasteiger partial charge in [-0.1, -0.05) is 47.1 Å². The van der Waals surface area contributed by atoms with Gasteiger partial charge in [0.25, 0.3) is 0 Å². The molecule has 2 aromatic carbocycles. The molecule has 1 aromatic heterocycles. The fraction of sp³-hybridized carbons (Fsp3) is 0.320. The Labute approximate surface area is 187 Å². The number of hydrogen-bond donors (Lipinski definition) is 1. The maximum absolute atomic E-state index is 12.7. The Bertz CT molecular complexity index is 1040. The molecule has 3 aromatic rings. The minimum atomic E-state index is -0.451. The Morgan fingerprint density at radius 1 is 1.03 bits per heavy atom. The summed E-state index contributed by atoms with van der Waals surface area (Å²) < 4.78 is 15.7. The number of methoxy groups -OCH3 is 1. The lowest BCUT2D eigenvalue weighted by Gasteiger charge is -2.18. The van der Waals surface area contributed by atoms with Gasteiger partial charge in [0, 0.05) is 0 Å². The number of carbonyl (C=O) groups is 2. The van der Waals surface area contributed by atoms with Crippen LogP contribution in [-0.4, -0.2) is 24.1 Å². The molecular weight excluding hydrogens is 408 g/mol. The quantitative estimate of drug-likeness (QED) is 0.507. The van der Waals surface area contributed by atoms with E-state index in [9.17, 15) is 9.59 Å². The zero-order chi connectivity index (χ0) is 23.1. The van der Waals surface area contributed by atoms with E-state index in [1.165, 1.54) is 7.11 Å². The van der Waals surface area contributed by atoms with Gasteiger partial charge in [0.2, 0.25) is 5.91 Å². The van der Waals surface area contributed by atoms with Crippen molar-refractivity contribution in [1.29, 1.82) is 0 Å². The van der Waals surface area contributed by atoms with E-state index < -0.39 is 6.04 Å². The van der Waals surface area contributed by atoms with E-state index >= 15 is 0 Å². The second-order valence-electron chi connectivity index (χ2n) is 7.72. The summed E-state index contributed by atoms with van der Waals surface area (Å²) in [4.78, 5) is 24.5. The molecule has 0 saturated carbocycles. The Morgan fingerprint density at radius 3 is 2.31 bits per heavy atom. The standard InChI is InChI=1S/C25H28N2O5/c1-16-5-9-20(10-6-16)23(14-25(29)30-4)26-24(28)13-19-7-11-21(12-8-19)31-15-22-17(2)27-32-18(22)3/h5-12,23H,13-15H2,1-4H3,(H,26,28)/t23-/m1/s1. The number of esters is 1. The Balaban J connectivity index is 1.59. The maximum Gasteiger partial charge on any atom is 0.307 e. The molecule has 1 atom stereocenters. The lowest BCUT2D eigenvalue weighted by atomic mass is 10.0. The minimum Gasteiger partial charge on any atom is -0.489 e. The number of aryl methyl sites for hydroxylation is 3. The zero-order valence-corrected chi connectivity index (χ0v) is 18.8. The Morgan fingerprint density at radius 2 is 1.72 bits per heavy atom. The number of nitrogens with zero attached hydrogens (tertiary/aromatic N) is 1. The van der Waals surface area contributed by atoms with Crippen molar-refractivity contribution in [2.45, 2.75) is 46.3 Å². The van der Waals surface area contributed by atoms with E-state index in [0.717, 1.165) is 33.7 Å². The molecule has 7 nitrogen and oxygen atoms in total. The second kappa shape index (κ2) is 10.6. The molecule has 7 heteroatoms. The van der Waals surface area contributed by atoms with Crippen molar-refractivity contribution < 1.29 is 23.6 Å². The van der Waals surface area contributed by atoms with Gasteiger partial charge >= 0.3 is 5.97 Å². The van der Waals surface area contributed by atoms with E-state index in [-0.39, 0.29) is 24.7 Å². The van der Waals surface area contributed by atoms with Crippen molar-refractivity contribution in [1.82, 2.24) is 10.5 Å². The number of aromatic nitrogens is 1. The molecule has 0 unspecified atom stereocenters. The van der Waals surface area contributed by atoms with Crippen LogP contribution in [-0.2, 0) is 27.4 Å². The van der Waals surface area contributed by atoms with Gasteiger partial charge in [0.05, 0.1) is 37.3 Å². The lowest BCUT2D eigenvalue weighted by molar-refractivity contribution is -0.141. The minimum absolute atomic E-state index is 0.0692. The first-order valence-corrected chi connectivity index (χ1v) is 10.4.